The molecule has 0 saturated heterocycles. The van der Waals surface area contributed by atoms with Crippen LogP contribution in [-0.4, -0.2) is 52.2 Å². The number of carbonyl (C=O) groups is 3. The second-order valence-corrected chi connectivity index (χ2v) is 10.5. The van der Waals surface area contributed by atoms with Gasteiger partial charge in [0.05, 0.1) is 24.5 Å². The number of nitriles is 1. The largest absolute Gasteiger partial charge is 0.493 e. The van der Waals surface area contributed by atoms with Crippen molar-refractivity contribution in [3.63, 3.8) is 0 Å². The topological polar surface area (TPSA) is 115 Å². The Hall–Kier alpha value is -4.97. The number of esters is 1. The summed E-state index contributed by atoms with van der Waals surface area (Å²) in [4.78, 5) is 38.7. The second-order valence-electron chi connectivity index (χ2n) is 10.5. The summed E-state index contributed by atoms with van der Waals surface area (Å²) in [6.07, 6.45) is 4.42. The molecule has 0 atom stereocenters. The molecule has 0 N–H and O–H groups in total. The molecule has 0 aliphatic carbocycles. The molecule has 1 aromatic heterocycles. The van der Waals surface area contributed by atoms with Crippen molar-refractivity contribution in [1.82, 2.24) is 14.7 Å². The lowest BCUT2D eigenvalue weighted by molar-refractivity contribution is -0.147. The first-order valence-electron chi connectivity index (χ1n) is 13.8. The first-order valence-corrected chi connectivity index (χ1v) is 13.8. The molecule has 0 unspecified atom stereocenters. The molecule has 4 rings (SSSR count). The standard InChI is InChI=1S/C33H34N4O5/c1-21(2)13-15-42-30-12-11-25(17-22(30)3)31-26(20-37(35-31)27-9-7-6-8-10-27)18-28-23(4)29(19-34)33(40)36(32(28)39)14-16-41-24(5)38/h6-12,17-18,20-21H,13-16H2,1-5H3/b28-18+. The molecule has 0 spiro atoms. The molecule has 2 aromatic carbocycles. The van der Waals surface area contributed by atoms with Crippen LogP contribution in [0.1, 0.15) is 45.2 Å². The molecule has 42 heavy (non-hydrogen) atoms. The maximum absolute atomic E-state index is 13.6. The minimum Gasteiger partial charge on any atom is -0.493 e. The minimum absolute atomic E-state index is 0.139. The van der Waals surface area contributed by atoms with Crippen LogP contribution in [0.2, 0.25) is 0 Å². The summed E-state index contributed by atoms with van der Waals surface area (Å²) in [5, 5.41) is 14.6. The fourth-order valence-corrected chi connectivity index (χ4v) is 4.56. The maximum Gasteiger partial charge on any atom is 0.302 e. The first kappa shape index (κ1) is 30.0. The Labute approximate surface area is 245 Å². The van der Waals surface area contributed by atoms with Gasteiger partial charge in [0.15, 0.2) is 0 Å². The molecule has 216 valence electrons. The lowest BCUT2D eigenvalue weighted by atomic mass is 9.93. The smallest absolute Gasteiger partial charge is 0.302 e. The van der Waals surface area contributed by atoms with Gasteiger partial charge in [0.25, 0.3) is 11.8 Å². The van der Waals surface area contributed by atoms with E-state index < -0.39 is 17.8 Å². The van der Waals surface area contributed by atoms with E-state index in [-0.39, 0.29) is 29.9 Å². The van der Waals surface area contributed by atoms with Gasteiger partial charge in [0.1, 0.15) is 24.0 Å². The van der Waals surface area contributed by atoms with Crippen LogP contribution in [0.15, 0.2) is 71.4 Å². The van der Waals surface area contributed by atoms with Crippen LogP contribution in [0.4, 0.5) is 0 Å². The van der Waals surface area contributed by atoms with Gasteiger partial charge < -0.3 is 9.47 Å². The molecule has 9 nitrogen and oxygen atoms in total. The summed E-state index contributed by atoms with van der Waals surface area (Å²) in [7, 11) is 0. The lowest BCUT2D eigenvalue weighted by Crippen LogP contribution is -2.44. The highest BCUT2D eigenvalue weighted by molar-refractivity contribution is 6.19. The van der Waals surface area contributed by atoms with Crippen LogP contribution in [0.5, 0.6) is 5.75 Å². The zero-order chi connectivity index (χ0) is 30.4. The number of aryl methyl sites for hydroxylation is 1. The number of ether oxygens (including phenoxy) is 2. The Morgan fingerprint density at radius 1 is 1.07 bits per heavy atom. The number of aromatic nitrogens is 2. The summed E-state index contributed by atoms with van der Waals surface area (Å²) in [5.41, 5.74) is 4.16. The van der Waals surface area contributed by atoms with E-state index in [9.17, 15) is 19.6 Å². The summed E-state index contributed by atoms with van der Waals surface area (Å²) < 4.78 is 12.7. The lowest BCUT2D eigenvalue weighted by Gasteiger charge is -2.27. The molecule has 0 saturated carbocycles. The van der Waals surface area contributed by atoms with Gasteiger partial charge in [0, 0.05) is 29.8 Å². The summed E-state index contributed by atoms with van der Waals surface area (Å²) in [5.74, 6) is -0.486. The number of amides is 2. The van der Waals surface area contributed by atoms with Crippen molar-refractivity contribution in [3.05, 3.63) is 82.6 Å². The molecule has 2 amide bonds. The fourth-order valence-electron chi connectivity index (χ4n) is 4.56. The van der Waals surface area contributed by atoms with Gasteiger partial charge in [-0.05, 0) is 73.7 Å². The predicted octanol–water partition coefficient (Wildman–Crippen LogP) is 5.43. The van der Waals surface area contributed by atoms with Gasteiger partial charge >= 0.3 is 5.97 Å². The highest BCUT2D eigenvalue weighted by Crippen LogP contribution is 2.33. The van der Waals surface area contributed by atoms with Crippen molar-refractivity contribution in [2.75, 3.05) is 19.8 Å². The number of para-hydroxylation sites is 1. The van der Waals surface area contributed by atoms with Crippen molar-refractivity contribution in [1.29, 1.82) is 5.26 Å². The highest BCUT2D eigenvalue weighted by Gasteiger charge is 2.35. The van der Waals surface area contributed by atoms with Crippen molar-refractivity contribution in [2.24, 2.45) is 5.92 Å². The highest BCUT2D eigenvalue weighted by atomic mass is 16.5. The number of benzene rings is 2. The number of nitrogens with zero attached hydrogens (tertiary/aromatic N) is 4. The van der Waals surface area contributed by atoms with Crippen LogP contribution in [0, 0.1) is 24.2 Å². The average molecular weight is 567 g/mol. The van der Waals surface area contributed by atoms with Crippen LogP contribution < -0.4 is 4.74 Å². The SMILES string of the molecule is CC(=O)OCCN1C(=O)C(C#N)=C(C)/C(=C\c2cn(-c3ccccc3)nc2-c2ccc(OCCC(C)C)c(C)c2)C1=O. The normalized spacial score (nSPS) is 14.5. The van der Waals surface area contributed by atoms with E-state index in [4.69, 9.17) is 14.6 Å². The number of hydrogen-bond donors (Lipinski definition) is 0. The Kier molecular flexibility index (Phi) is 9.38. The quantitative estimate of drug-likeness (QED) is 0.183. The minimum atomic E-state index is -0.715. The van der Waals surface area contributed by atoms with E-state index in [1.165, 1.54) is 6.92 Å². The summed E-state index contributed by atoms with van der Waals surface area (Å²) in [6.45, 7) is 9.40. The van der Waals surface area contributed by atoms with E-state index in [0.717, 1.165) is 33.9 Å². The van der Waals surface area contributed by atoms with E-state index in [2.05, 4.69) is 13.8 Å². The Balaban J connectivity index is 1.80. The Morgan fingerprint density at radius 3 is 2.45 bits per heavy atom. The monoisotopic (exact) mass is 566 g/mol. The number of carbonyl (C=O) groups excluding carboxylic acids is 3. The van der Waals surface area contributed by atoms with Crippen molar-refractivity contribution in [2.45, 2.75) is 41.0 Å². The maximum atomic E-state index is 13.6. The number of rotatable bonds is 10. The molecule has 0 bridgehead atoms. The number of imide groups is 1. The Bertz CT molecular complexity index is 1610. The third kappa shape index (κ3) is 6.66. The Morgan fingerprint density at radius 2 is 1.81 bits per heavy atom. The van der Waals surface area contributed by atoms with Crippen molar-refractivity contribution < 1.29 is 23.9 Å². The molecule has 9 heteroatoms. The van der Waals surface area contributed by atoms with Gasteiger partial charge in [0.2, 0.25) is 0 Å². The van der Waals surface area contributed by atoms with Crippen LogP contribution in [0.3, 0.4) is 0 Å². The zero-order valence-corrected chi connectivity index (χ0v) is 24.5. The fraction of sp³-hybridized carbons (Fsp3) is 0.303. The van der Waals surface area contributed by atoms with Gasteiger partial charge in [-0.3, -0.25) is 19.3 Å². The van der Waals surface area contributed by atoms with Crippen LogP contribution in [-0.2, 0) is 19.1 Å². The molecular weight excluding hydrogens is 532 g/mol. The van der Waals surface area contributed by atoms with Crippen LogP contribution >= 0.6 is 0 Å². The molecule has 1 aliphatic rings. The first-order chi connectivity index (χ1) is 20.1. The predicted molar refractivity (Wildman–Crippen MR) is 158 cm³/mol. The van der Waals surface area contributed by atoms with Gasteiger partial charge in [-0.1, -0.05) is 32.0 Å². The zero-order valence-electron chi connectivity index (χ0n) is 24.5. The van der Waals surface area contributed by atoms with E-state index in [0.29, 0.717) is 23.8 Å². The third-order valence-electron chi connectivity index (χ3n) is 6.91. The van der Waals surface area contributed by atoms with Crippen molar-refractivity contribution in [3.8, 4) is 28.8 Å². The van der Waals surface area contributed by atoms with Gasteiger partial charge in [-0.25, -0.2) is 4.68 Å². The average Bonchev–Trinajstić information content (AvgIpc) is 3.38. The number of hydrogen-bond acceptors (Lipinski definition) is 7. The van der Waals surface area contributed by atoms with E-state index in [1.54, 1.807) is 17.7 Å². The summed E-state index contributed by atoms with van der Waals surface area (Å²) in [6, 6.07) is 17.4. The van der Waals surface area contributed by atoms with Crippen LogP contribution in [0.25, 0.3) is 23.0 Å². The second kappa shape index (κ2) is 13.1. The van der Waals surface area contributed by atoms with E-state index >= 15 is 0 Å². The molecule has 1 aliphatic heterocycles. The molecular formula is C33H34N4O5. The molecule has 0 fully saturated rings. The summed E-state index contributed by atoms with van der Waals surface area (Å²) >= 11 is 0. The molecule has 3 aromatic rings. The van der Waals surface area contributed by atoms with Gasteiger partial charge in [-0.2, -0.15) is 10.4 Å². The van der Waals surface area contributed by atoms with Crippen molar-refractivity contribution >= 4 is 23.9 Å². The van der Waals surface area contributed by atoms with E-state index in [1.807, 2.05) is 67.7 Å². The van der Waals surface area contributed by atoms with Gasteiger partial charge in [-0.15, -0.1) is 0 Å². The third-order valence-corrected chi connectivity index (χ3v) is 6.91. The molecule has 2 heterocycles. The molecule has 0 radical (unpaired) electrons.